The van der Waals surface area contributed by atoms with Gasteiger partial charge in [0.05, 0.1) is 6.61 Å². The molecule has 0 unspecified atom stereocenters. The largest absolute Gasteiger partial charge is 0.507 e. The molecule has 39 heavy (non-hydrogen) atoms. The van der Waals surface area contributed by atoms with Crippen LogP contribution in [0.5, 0.6) is 17.2 Å². The molecule has 0 amide bonds. The lowest BCUT2D eigenvalue weighted by Gasteiger charge is -2.32. The van der Waals surface area contributed by atoms with Crippen molar-refractivity contribution in [2.75, 3.05) is 46.4 Å². The number of likely N-dealkylation sites (N-methyl/N-ethyl adjacent to an activating group) is 1. The Morgan fingerprint density at radius 3 is 2.41 bits per heavy atom. The zero-order chi connectivity index (χ0) is 27.2. The van der Waals surface area contributed by atoms with Crippen LogP contribution in [0.3, 0.4) is 0 Å². The van der Waals surface area contributed by atoms with Crippen molar-refractivity contribution in [2.45, 2.75) is 26.4 Å². The van der Waals surface area contributed by atoms with Gasteiger partial charge in [-0.2, -0.15) is 0 Å². The average Bonchev–Trinajstić information content (AvgIpc) is 2.95. The summed E-state index contributed by atoms with van der Waals surface area (Å²) in [6.45, 7) is 8.16. The highest BCUT2D eigenvalue weighted by Crippen LogP contribution is 2.41. The number of benzene rings is 3. The first-order chi connectivity index (χ1) is 19.0. The third kappa shape index (κ3) is 6.61. The first-order valence-corrected chi connectivity index (χ1v) is 13.6. The van der Waals surface area contributed by atoms with Crippen LogP contribution < -0.4 is 14.9 Å². The van der Waals surface area contributed by atoms with E-state index in [-0.39, 0.29) is 28.8 Å². The minimum Gasteiger partial charge on any atom is -0.507 e. The summed E-state index contributed by atoms with van der Waals surface area (Å²) in [6, 6.07) is 20.3. The van der Waals surface area contributed by atoms with Crippen LogP contribution in [0.1, 0.15) is 24.0 Å². The lowest BCUT2D eigenvalue weighted by Crippen LogP contribution is -2.44. The van der Waals surface area contributed by atoms with Gasteiger partial charge < -0.3 is 28.8 Å². The van der Waals surface area contributed by atoms with Crippen LogP contribution >= 0.6 is 0 Å². The highest BCUT2D eigenvalue weighted by Gasteiger charge is 2.21. The number of aryl methyl sites for hydroxylation is 1. The number of fused-ring (bicyclic) bond motifs is 1. The summed E-state index contributed by atoms with van der Waals surface area (Å²) in [5.74, 6) is 0.889. The van der Waals surface area contributed by atoms with Crippen molar-refractivity contribution in [1.82, 2.24) is 9.80 Å². The lowest BCUT2D eigenvalue weighted by molar-refractivity contribution is 0.149. The van der Waals surface area contributed by atoms with Crippen molar-refractivity contribution in [3.05, 3.63) is 88.1 Å². The Hall–Kier alpha value is -3.81. The van der Waals surface area contributed by atoms with Crippen LogP contribution in [0.25, 0.3) is 22.3 Å². The quantitative estimate of drug-likeness (QED) is 0.274. The first kappa shape index (κ1) is 26.8. The number of ether oxygens (including phenoxy) is 2. The first-order valence-electron chi connectivity index (χ1n) is 13.6. The summed E-state index contributed by atoms with van der Waals surface area (Å²) < 4.78 is 18.6. The molecule has 3 aromatic carbocycles. The molecule has 1 N–H and O–H groups in total. The maximum absolute atomic E-state index is 13.1. The van der Waals surface area contributed by atoms with Gasteiger partial charge in [-0.1, -0.05) is 60.2 Å². The Kier molecular flexibility index (Phi) is 8.49. The van der Waals surface area contributed by atoms with Crippen LogP contribution in [0.4, 0.5) is 0 Å². The fourth-order valence-electron chi connectivity index (χ4n) is 4.79. The van der Waals surface area contributed by atoms with Crippen molar-refractivity contribution in [1.29, 1.82) is 0 Å². The Labute approximate surface area is 229 Å². The average molecular weight is 529 g/mol. The van der Waals surface area contributed by atoms with Gasteiger partial charge in [-0.25, -0.2) is 0 Å². The number of hydrogen-bond donors (Lipinski definition) is 1. The number of hydrogen-bond acceptors (Lipinski definition) is 7. The predicted octanol–water partition coefficient (Wildman–Crippen LogP) is 5.46. The molecule has 0 saturated carbocycles. The Morgan fingerprint density at radius 2 is 1.67 bits per heavy atom. The molecule has 5 rings (SSSR count). The molecule has 4 aromatic rings. The second-order valence-corrected chi connectivity index (χ2v) is 10.2. The number of aromatic hydroxyl groups is 1. The maximum Gasteiger partial charge on any atom is 0.205 e. The molecular weight excluding hydrogens is 492 g/mol. The summed E-state index contributed by atoms with van der Waals surface area (Å²) >= 11 is 0. The van der Waals surface area contributed by atoms with Gasteiger partial charge in [-0.15, -0.1) is 0 Å². The Balaban J connectivity index is 1.41. The van der Waals surface area contributed by atoms with Gasteiger partial charge in [0.15, 0.2) is 16.8 Å². The molecule has 1 aliphatic rings. The summed E-state index contributed by atoms with van der Waals surface area (Å²) in [5, 5.41) is 10.9. The number of piperazine rings is 1. The fraction of sp³-hybridized carbons (Fsp3) is 0.344. The molecule has 0 spiro atoms. The molecule has 0 radical (unpaired) electrons. The van der Waals surface area contributed by atoms with E-state index in [1.807, 2.05) is 61.5 Å². The van der Waals surface area contributed by atoms with Gasteiger partial charge in [0.2, 0.25) is 5.75 Å². The second-order valence-electron chi connectivity index (χ2n) is 10.2. The molecule has 0 atom stereocenters. The van der Waals surface area contributed by atoms with E-state index in [1.165, 1.54) is 12.1 Å². The third-order valence-electron chi connectivity index (χ3n) is 7.19. The van der Waals surface area contributed by atoms with Crippen LogP contribution in [0.2, 0.25) is 0 Å². The molecule has 0 bridgehead atoms. The number of phenolic OH excluding ortho intramolecular Hbond substituents is 1. The zero-order valence-corrected chi connectivity index (χ0v) is 22.7. The molecule has 204 valence electrons. The summed E-state index contributed by atoms with van der Waals surface area (Å²) in [7, 11) is 2.16. The van der Waals surface area contributed by atoms with E-state index >= 15 is 0 Å². The van der Waals surface area contributed by atoms with Crippen molar-refractivity contribution in [3.63, 3.8) is 0 Å². The number of phenols is 1. The summed E-state index contributed by atoms with van der Waals surface area (Å²) in [6.07, 6.45) is 1.84. The normalized spacial score (nSPS) is 14.5. The van der Waals surface area contributed by atoms with E-state index < -0.39 is 0 Å². The second kappa shape index (κ2) is 12.4. The topological polar surface area (TPSA) is 75.4 Å². The van der Waals surface area contributed by atoms with E-state index in [4.69, 9.17) is 13.9 Å². The van der Waals surface area contributed by atoms with Crippen molar-refractivity contribution in [2.24, 2.45) is 0 Å². The number of unbranched alkanes of at least 4 members (excludes halogenated alkanes) is 1. The van der Waals surface area contributed by atoms with E-state index in [0.29, 0.717) is 23.9 Å². The third-order valence-corrected chi connectivity index (χ3v) is 7.19. The molecule has 1 fully saturated rings. The van der Waals surface area contributed by atoms with Crippen molar-refractivity contribution < 1.29 is 19.0 Å². The van der Waals surface area contributed by atoms with Crippen LogP contribution in [-0.2, 0) is 6.61 Å². The van der Waals surface area contributed by atoms with Gasteiger partial charge in [-0.05, 0) is 38.9 Å². The van der Waals surface area contributed by atoms with Crippen LogP contribution in [-0.4, -0.2) is 61.3 Å². The smallest absolute Gasteiger partial charge is 0.205 e. The van der Waals surface area contributed by atoms with Crippen LogP contribution in [0, 0.1) is 6.92 Å². The predicted molar refractivity (Wildman–Crippen MR) is 154 cm³/mol. The highest BCUT2D eigenvalue weighted by atomic mass is 16.5. The van der Waals surface area contributed by atoms with Gasteiger partial charge in [-0.3, -0.25) is 4.79 Å². The molecule has 7 heteroatoms. The minimum atomic E-state index is -0.336. The Bertz CT molecular complexity index is 1440. The molecular formula is C32H36N2O5. The monoisotopic (exact) mass is 528 g/mol. The maximum atomic E-state index is 13.1. The summed E-state index contributed by atoms with van der Waals surface area (Å²) in [5.41, 5.74) is 2.77. The van der Waals surface area contributed by atoms with Crippen LogP contribution in [0.15, 0.2) is 75.9 Å². The van der Waals surface area contributed by atoms with Gasteiger partial charge in [0.25, 0.3) is 0 Å². The molecule has 7 nitrogen and oxygen atoms in total. The van der Waals surface area contributed by atoms with Gasteiger partial charge in [0, 0.05) is 43.9 Å². The van der Waals surface area contributed by atoms with Gasteiger partial charge in [0.1, 0.15) is 23.5 Å². The SMILES string of the molecule is Cc1ccc(COc2cc(O)c3c(=O)cc(-c4ccccc4)oc3c2OCCCCN2CCN(C)CC2)cc1. The van der Waals surface area contributed by atoms with E-state index in [2.05, 4.69) is 16.8 Å². The number of rotatable bonds is 10. The minimum absolute atomic E-state index is 0.0878. The van der Waals surface area contributed by atoms with Crippen molar-refractivity contribution >= 4 is 11.0 Å². The fourth-order valence-corrected chi connectivity index (χ4v) is 4.79. The molecule has 1 aliphatic heterocycles. The van der Waals surface area contributed by atoms with E-state index in [9.17, 15) is 9.90 Å². The molecule has 1 saturated heterocycles. The molecule has 2 heterocycles. The summed E-state index contributed by atoms with van der Waals surface area (Å²) in [4.78, 5) is 18.0. The standard InChI is InChI=1S/C32H36N2O5/c1-23-10-12-24(13-11-23)22-38-29-21-27(36)30-26(35)20-28(25-8-4-3-5-9-25)39-32(30)31(29)37-19-7-6-14-34-17-15-33(2)16-18-34/h3-5,8-13,20-21,36H,6-7,14-19,22H2,1-2H3. The van der Waals surface area contributed by atoms with Gasteiger partial charge >= 0.3 is 0 Å². The Morgan fingerprint density at radius 1 is 0.923 bits per heavy atom. The van der Waals surface area contributed by atoms with E-state index in [0.717, 1.165) is 62.3 Å². The highest BCUT2D eigenvalue weighted by molar-refractivity contribution is 5.91. The van der Waals surface area contributed by atoms with Crippen molar-refractivity contribution in [3.8, 4) is 28.6 Å². The lowest BCUT2D eigenvalue weighted by atomic mass is 10.1. The zero-order valence-electron chi connectivity index (χ0n) is 22.7. The molecule has 1 aromatic heterocycles. The number of nitrogens with zero attached hydrogens (tertiary/aromatic N) is 2. The molecule has 0 aliphatic carbocycles. The van der Waals surface area contributed by atoms with E-state index in [1.54, 1.807) is 0 Å².